The Morgan fingerprint density at radius 1 is 1.64 bits per heavy atom. The number of aliphatic hydroxyl groups excluding tert-OH is 2. The van der Waals surface area contributed by atoms with Gasteiger partial charge in [0.25, 0.3) is 0 Å². The lowest BCUT2D eigenvalue weighted by molar-refractivity contribution is -0.146. The van der Waals surface area contributed by atoms with Crippen molar-refractivity contribution in [2.75, 3.05) is 13.2 Å². The fourth-order valence-corrected chi connectivity index (χ4v) is 0.532. The van der Waals surface area contributed by atoms with Crippen molar-refractivity contribution >= 4 is 5.97 Å². The number of carbonyl (C=O) groups excluding carboxylic acids is 1. The molecule has 0 amide bonds. The molecule has 0 heterocycles. The molecule has 0 fully saturated rings. The number of esters is 1. The number of rotatable bonds is 5. The predicted molar refractivity (Wildman–Crippen MR) is 39.0 cm³/mol. The summed E-state index contributed by atoms with van der Waals surface area (Å²) in [5, 5.41) is 17.1. The van der Waals surface area contributed by atoms with E-state index in [4.69, 9.17) is 10.2 Å². The summed E-state index contributed by atoms with van der Waals surface area (Å²) in [6.07, 6.45) is -0.350. The van der Waals surface area contributed by atoms with Crippen LogP contribution in [0, 0.1) is 0 Å². The Morgan fingerprint density at radius 3 is 2.73 bits per heavy atom. The average Bonchev–Trinajstić information content (AvgIpc) is 2.00. The van der Waals surface area contributed by atoms with Gasteiger partial charge in [0.05, 0.1) is 25.7 Å². The van der Waals surface area contributed by atoms with Crippen molar-refractivity contribution in [1.82, 2.24) is 0 Å². The number of hydrogen-bond donors (Lipinski definition) is 2. The molecule has 0 radical (unpaired) electrons. The van der Waals surface area contributed by atoms with E-state index in [9.17, 15) is 4.79 Å². The first kappa shape index (κ1) is 10.4. The van der Waals surface area contributed by atoms with Gasteiger partial charge in [-0.1, -0.05) is 6.92 Å². The Balaban J connectivity index is 3.36. The van der Waals surface area contributed by atoms with Crippen LogP contribution in [-0.4, -0.2) is 35.5 Å². The van der Waals surface area contributed by atoms with Gasteiger partial charge in [-0.05, 0) is 6.42 Å². The van der Waals surface area contributed by atoms with Crippen LogP contribution in [0.5, 0.6) is 0 Å². The molecule has 4 heteroatoms. The predicted octanol–water partition coefficient (Wildman–Crippen LogP) is -0.317. The highest BCUT2D eigenvalue weighted by atomic mass is 16.5. The maximum absolute atomic E-state index is 10.7. The molecule has 0 aliphatic carbocycles. The van der Waals surface area contributed by atoms with Gasteiger partial charge in [0.1, 0.15) is 0 Å². The quantitative estimate of drug-likeness (QED) is 0.544. The largest absolute Gasteiger partial charge is 0.466 e. The van der Waals surface area contributed by atoms with Gasteiger partial charge in [-0.2, -0.15) is 0 Å². The maximum Gasteiger partial charge on any atom is 0.308 e. The molecule has 66 valence electrons. The fourth-order valence-electron chi connectivity index (χ4n) is 0.532. The third-order valence-corrected chi connectivity index (χ3v) is 1.08. The molecule has 0 aromatic rings. The summed E-state index contributed by atoms with van der Waals surface area (Å²) in [7, 11) is 0. The van der Waals surface area contributed by atoms with E-state index in [2.05, 4.69) is 4.74 Å². The molecule has 0 aromatic carbocycles. The van der Waals surface area contributed by atoms with Crippen LogP contribution in [0.4, 0.5) is 0 Å². The van der Waals surface area contributed by atoms with Gasteiger partial charge in [0, 0.05) is 0 Å². The van der Waals surface area contributed by atoms with Gasteiger partial charge in [-0.3, -0.25) is 4.79 Å². The topological polar surface area (TPSA) is 66.8 Å². The van der Waals surface area contributed by atoms with Gasteiger partial charge in [-0.25, -0.2) is 0 Å². The molecule has 0 aromatic heterocycles. The Bertz CT molecular complexity index is 113. The van der Waals surface area contributed by atoms with E-state index in [1.165, 1.54) is 0 Å². The molecule has 11 heavy (non-hydrogen) atoms. The van der Waals surface area contributed by atoms with Crippen molar-refractivity contribution in [3.8, 4) is 0 Å². The van der Waals surface area contributed by atoms with E-state index in [1.807, 2.05) is 6.92 Å². The SMILES string of the molecule is CCCOC(=O)CC(O)CO. The zero-order valence-corrected chi connectivity index (χ0v) is 6.62. The summed E-state index contributed by atoms with van der Waals surface area (Å²) in [4.78, 5) is 10.7. The maximum atomic E-state index is 10.7. The molecule has 1 unspecified atom stereocenters. The Hall–Kier alpha value is -0.610. The van der Waals surface area contributed by atoms with Crippen LogP contribution in [0.25, 0.3) is 0 Å². The van der Waals surface area contributed by atoms with E-state index in [1.54, 1.807) is 0 Å². The summed E-state index contributed by atoms with van der Waals surface area (Å²) in [6, 6.07) is 0. The van der Waals surface area contributed by atoms with Crippen LogP contribution in [0.2, 0.25) is 0 Å². The van der Waals surface area contributed by atoms with Gasteiger partial charge in [-0.15, -0.1) is 0 Å². The van der Waals surface area contributed by atoms with Crippen molar-refractivity contribution < 1.29 is 19.7 Å². The second-order valence-electron chi connectivity index (χ2n) is 2.26. The summed E-state index contributed by atoms with van der Waals surface area (Å²) < 4.78 is 4.65. The first-order chi connectivity index (χ1) is 5.20. The van der Waals surface area contributed by atoms with E-state index in [-0.39, 0.29) is 6.42 Å². The van der Waals surface area contributed by atoms with Crippen molar-refractivity contribution in [3.63, 3.8) is 0 Å². The molecule has 4 nitrogen and oxygen atoms in total. The molecule has 0 aliphatic rings. The Labute approximate surface area is 65.8 Å². The third kappa shape index (κ3) is 5.82. The number of aliphatic hydroxyl groups is 2. The van der Waals surface area contributed by atoms with E-state index >= 15 is 0 Å². The van der Waals surface area contributed by atoms with Crippen molar-refractivity contribution in [2.45, 2.75) is 25.9 Å². The molecule has 0 rings (SSSR count). The van der Waals surface area contributed by atoms with Crippen LogP contribution in [-0.2, 0) is 9.53 Å². The molecule has 0 bridgehead atoms. The van der Waals surface area contributed by atoms with Crippen molar-refractivity contribution in [3.05, 3.63) is 0 Å². The van der Waals surface area contributed by atoms with E-state index < -0.39 is 18.7 Å². The van der Waals surface area contributed by atoms with Crippen LogP contribution >= 0.6 is 0 Å². The summed E-state index contributed by atoms with van der Waals surface area (Å²) in [5.74, 6) is -0.464. The first-order valence-electron chi connectivity index (χ1n) is 3.65. The van der Waals surface area contributed by atoms with Crippen LogP contribution < -0.4 is 0 Å². The lowest BCUT2D eigenvalue weighted by Crippen LogP contribution is -2.19. The van der Waals surface area contributed by atoms with Crippen molar-refractivity contribution in [2.24, 2.45) is 0 Å². The molecule has 0 spiro atoms. The minimum atomic E-state index is -0.987. The highest BCUT2D eigenvalue weighted by molar-refractivity contribution is 5.69. The lowest BCUT2D eigenvalue weighted by Gasteiger charge is -2.05. The monoisotopic (exact) mass is 162 g/mol. The summed E-state index contributed by atoms with van der Waals surface area (Å²) in [6.45, 7) is 1.86. The molecule has 2 N–H and O–H groups in total. The smallest absolute Gasteiger partial charge is 0.308 e. The minimum Gasteiger partial charge on any atom is -0.466 e. The van der Waals surface area contributed by atoms with Gasteiger partial charge in [0.2, 0.25) is 0 Å². The first-order valence-corrected chi connectivity index (χ1v) is 3.65. The van der Waals surface area contributed by atoms with Crippen LogP contribution in [0.3, 0.4) is 0 Å². The van der Waals surface area contributed by atoms with Crippen LogP contribution in [0.15, 0.2) is 0 Å². The lowest BCUT2D eigenvalue weighted by atomic mass is 10.3. The normalized spacial score (nSPS) is 12.6. The molecule has 0 aliphatic heterocycles. The zero-order valence-electron chi connectivity index (χ0n) is 6.62. The van der Waals surface area contributed by atoms with Gasteiger partial charge >= 0.3 is 5.97 Å². The Kier molecular flexibility index (Phi) is 5.78. The van der Waals surface area contributed by atoms with Gasteiger partial charge < -0.3 is 14.9 Å². The molecule has 1 atom stereocenters. The highest BCUT2D eigenvalue weighted by Gasteiger charge is 2.09. The molecular weight excluding hydrogens is 148 g/mol. The van der Waals surface area contributed by atoms with Crippen LogP contribution in [0.1, 0.15) is 19.8 Å². The third-order valence-electron chi connectivity index (χ3n) is 1.08. The molecule has 0 saturated carbocycles. The summed E-state index contributed by atoms with van der Waals surface area (Å²) >= 11 is 0. The standard InChI is InChI=1S/C7H14O4/c1-2-3-11-7(10)4-6(9)5-8/h6,8-9H,2-5H2,1H3. The minimum absolute atomic E-state index is 0.128. The van der Waals surface area contributed by atoms with Gasteiger partial charge in [0.15, 0.2) is 0 Å². The van der Waals surface area contributed by atoms with E-state index in [0.29, 0.717) is 6.61 Å². The fraction of sp³-hybridized carbons (Fsp3) is 0.857. The van der Waals surface area contributed by atoms with Crippen molar-refractivity contribution in [1.29, 1.82) is 0 Å². The molecular formula is C7H14O4. The number of hydrogen-bond acceptors (Lipinski definition) is 4. The zero-order chi connectivity index (χ0) is 8.69. The average molecular weight is 162 g/mol. The second-order valence-corrected chi connectivity index (χ2v) is 2.26. The van der Waals surface area contributed by atoms with E-state index in [0.717, 1.165) is 6.42 Å². The summed E-state index contributed by atoms with van der Waals surface area (Å²) in [5.41, 5.74) is 0. The second kappa shape index (κ2) is 6.12. The Morgan fingerprint density at radius 2 is 2.27 bits per heavy atom. The molecule has 0 saturated heterocycles. The highest BCUT2D eigenvalue weighted by Crippen LogP contribution is 1.93. The number of carbonyl (C=O) groups is 1. The number of ether oxygens (including phenoxy) is 1.